The van der Waals surface area contributed by atoms with Crippen molar-refractivity contribution in [3.8, 4) is 0 Å². The van der Waals surface area contributed by atoms with Gasteiger partial charge in [0.1, 0.15) is 22.1 Å². The molecule has 8 heteroatoms. The van der Waals surface area contributed by atoms with E-state index in [0.717, 1.165) is 6.07 Å². The highest BCUT2D eigenvalue weighted by molar-refractivity contribution is 9.10. The zero-order valence-corrected chi connectivity index (χ0v) is 11.7. The Morgan fingerprint density at radius 3 is 2.45 bits per heavy atom. The molecule has 0 saturated heterocycles. The van der Waals surface area contributed by atoms with Crippen LogP contribution in [0.25, 0.3) is 0 Å². The van der Waals surface area contributed by atoms with Crippen molar-refractivity contribution in [3.63, 3.8) is 0 Å². The van der Waals surface area contributed by atoms with Gasteiger partial charge in [-0.25, -0.2) is 14.4 Å². The van der Waals surface area contributed by atoms with Gasteiger partial charge in [0.25, 0.3) is 0 Å². The lowest BCUT2D eigenvalue weighted by Gasteiger charge is -2.11. The maximum absolute atomic E-state index is 13.2. The topological polar surface area (TPSA) is 37.8 Å². The summed E-state index contributed by atoms with van der Waals surface area (Å²) in [5.74, 6) is -0.563. The highest BCUT2D eigenvalue weighted by atomic mass is 79.9. The van der Waals surface area contributed by atoms with Crippen molar-refractivity contribution in [2.24, 2.45) is 0 Å². The SMILES string of the molecule is Cc1nc(Br)cc(Nc2ccc(F)c(C(F)(F)F)c2)n1. The molecular weight excluding hydrogens is 342 g/mol. The Hall–Kier alpha value is -1.70. The van der Waals surface area contributed by atoms with Crippen LogP contribution in [0.3, 0.4) is 0 Å². The zero-order valence-electron chi connectivity index (χ0n) is 10.1. The van der Waals surface area contributed by atoms with Crippen LogP contribution in [-0.2, 0) is 6.18 Å². The van der Waals surface area contributed by atoms with E-state index >= 15 is 0 Å². The van der Waals surface area contributed by atoms with Gasteiger partial charge in [-0.1, -0.05) is 0 Å². The molecule has 1 heterocycles. The molecule has 2 aromatic rings. The van der Waals surface area contributed by atoms with Gasteiger partial charge in [-0.3, -0.25) is 0 Å². The number of alkyl halides is 3. The van der Waals surface area contributed by atoms with E-state index in [1.807, 2.05) is 0 Å². The standard InChI is InChI=1S/C12H8BrF4N3/c1-6-18-10(13)5-11(19-6)20-7-2-3-9(14)8(4-7)12(15,16)17/h2-5H,1H3,(H,18,19,20). The van der Waals surface area contributed by atoms with Crippen molar-refractivity contribution >= 4 is 27.4 Å². The normalized spacial score (nSPS) is 11.5. The predicted octanol–water partition coefficient (Wildman–Crippen LogP) is 4.45. The number of hydrogen-bond acceptors (Lipinski definition) is 3. The molecule has 1 N–H and O–H groups in total. The lowest BCUT2D eigenvalue weighted by Crippen LogP contribution is -2.09. The highest BCUT2D eigenvalue weighted by Crippen LogP contribution is 2.33. The minimum Gasteiger partial charge on any atom is -0.340 e. The molecule has 106 valence electrons. The van der Waals surface area contributed by atoms with Crippen LogP contribution in [0, 0.1) is 12.7 Å². The average molecular weight is 350 g/mol. The summed E-state index contributed by atoms with van der Waals surface area (Å²) in [4.78, 5) is 7.99. The molecule has 0 saturated carbocycles. The Morgan fingerprint density at radius 2 is 1.85 bits per heavy atom. The summed E-state index contributed by atoms with van der Waals surface area (Å²) in [5.41, 5.74) is -1.24. The molecule has 1 aromatic heterocycles. The third-order valence-electron chi connectivity index (χ3n) is 2.35. The number of aromatic nitrogens is 2. The van der Waals surface area contributed by atoms with Gasteiger partial charge in [0.2, 0.25) is 0 Å². The van der Waals surface area contributed by atoms with Crippen LogP contribution in [0.2, 0.25) is 0 Å². The second-order valence-corrected chi connectivity index (χ2v) is 4.75. The third-order valence-corrected chi connectivity index (χ3v) is 2.76. The molecule has 1 aromatic carbocycles. The number of hydrogen-bond donors (Lipinski definition) is 1. The van der Waals surface area contributed by atoms with Crippen molar-refractivity contribution in [2.75, 3.05) is 5.32 Å². The first-order valence-corrected chi connectivity index (χ1v) is 6.20. The van der Waals surface area contributed by atoms with Gasteiger partial charge in [-0.15, -0.1) is 0 Å². The Labute approximate surface area is 120 Å². The fourth-order valence-electron chi connectivity index (χ4n) is 1.56. The first kappa shape index (κ1) is 14.7. The molecular formula is C12H8BrF4N3. The fourth-order valence-corrected chi connectivity index (χ4v) is 2.04. The van der Waals surface area contributed by atoms with E-state index in [9.17, 15) is 17.6 Å². The summed E-state index contributed by atoms with van der Waals surface area (Å²) in [5, 5.41) is 2.68. The number of nitrogens with one attached hydrogen (secondary N) is 1. The largest absolute Gasteiger partial charge is 0.419 e. The Balaban J connectivity index is 2.35. The van der Waals surface area contributed by atoms with Crippen LogP contribution < -0.4 is 5.32 Å². The molecule has 20 heavy (non-hydrogen) atoms. The number of benzene rings is 1. The lowest BCUT2D eigenvalue weighted by molar-refractivity contribution is -0.139. The van der Waals surface area contributed by atoms with Gasteiger partial charge in [-0.05, 0) is 41.1 Å². The van der Waals surface area contributed by atoms with E-state index in [-0.39, 0.29) is 5.69 Å². The average Bonchev–Trinajstić information content (AvgIpc) is 2.29. The number of nitrogens with zero attached hydrogens (tertiary/aromatic N) is 2. The minimum absolute atomic E-state index is 0.0868. The van der Waals surface area contributed by atoms with Gasteiger partial charge in [0, 0.05) is 11.8 Å². The van der Waals surface area contributed by atoms with Crippen molar-refractivity contribution in [1.29, 1.82) is 0 Å². The van der Waals surface area contributed by atoms with Crippen LogP contribution in [0.1, 0.15) is 11.4 Å². The molecule has 3 nitrogen and oxygen atoms in total. The predicted molar refractivity (Wildman–Crippen MR) is 69.2 cm³/mol. The Bertz CT molecular complexity index is 623. The van der Waals surface area contributed by atoms with Gasteiger partial charge >= 0.3 is 6.18 Å². The lowest BCUT2D eigenvalue weighted by atomic mass is 10.2. The molecule has 0 fully saturated rings. The molecule has 0 aliphatic rings. The van der Waals surface area contributed by atoms with Gasteiger partial charge in [0.15, 0.2) is 0 Å². The smallest absolute Gasteiger partial charge is 0.340 e. The number of halogens is 5. The van der Waals surface area contributed by atoms with Crippen LogP contribution in [0.15, 0.2) is 28.9 Å². The van der Waals surface area contributed by atoms with Crippen molar-refractivity contribution in [2.45, 2.75) is 13.1 Å². The molecule has 0 amide bonds. The second-order valence-electron chi connectivity index (χ2n) is 3.94. The Morgan fingerprint density at radius 1 is 1.15 bits per heavy atom. The molecule has 0 atom stereocenters. The molecule has 2 rings (SSSR count). The van der Waals surface area contributed by atoms with E-state index < -0.39 is 17.6 Å². The van der Waals surface area contributed by atoms with Gasteiger partial charge < -0.3 is 5.32 Å². The van der Waals surface area contributed by atoms with Crippen LogP contribution in [0.4, 0.5) is 29.1 Å². The quantitative estimate of drug-likeness (QED) is 0.642. The number of rotatable bonds is 2. The molecule has 0 bridgehead atoms. The van der Waals surface area contributed by atoms with E-state index in [1.54, 1.807) is 6.92 Å². The van der Waals surface area contributed by atoms with E-state index in [0.29, 0.717) is 22.3 Å². The second kappa shape index (κ2) is 5.35. The summed E-state index contributed by atoms with van der Waals surface area (Å²) < 4.78 is 51.4. The molecule has 0 aliphatic heterocycles. The fraction of sp³-hybridized carbons (Fsp3) is 0.167. The maximum Gasteiger partial charge on any atom is 0.419 e. The molecule has 0 unspecified atom stereocenters. The van der Waals surface area contributed by atoms with Crippen molar-refractivity contribution in [3.05, 3.63) is 46.1 Å². The first-order chi connectivity index (χ1) is 9.25. The summed E-state index contributed by atoms with van der Waals surface area (Å²) in [6, 6.07) is 4.16. The zero-order chi connectivity index (χ0) is 14.9. The number of anilines is 2. The van der Waals surface area contributed by atoms with E-state index in [4.69, 9.17) is 0 Å². The Kier molecular flexibility index (Phi) is 3.94. The van der Waals surface area contributed by atoms with Gasteiger partial charge in [0.05, 0.1) is 5.56 Å². The van der Waals surface area contributed by atoms with Crippen molar-refractivity contribution in [1.82, 2.24) is 9.97 Å². The van der Waals surface area contributed by atoms with Crippen molar-refractivity contribution < 1.29 is 17.6 Å². The highest BCUT2D eigenvalue weighted by Gasteiger charge is 2.34. The van der Waals surface area contributed by atoms with E-state index in [2.05, 4.69) is 31.2 Å². The summed E-state index contributed by atoms with van der Waals surface area (Å²) in [7, 11) is 0. The van der Waals surface area contributed by atoms with Crippen LogP contribution >= 0.6 is 15.9 Å². The first-order valence-electron chi connectivity index (χ1n) is 5.40. The van der Waals surface area contributed by atoms with E-state index in [1.165, 1.54) is 12.1 Å². The molecule has 0 aliphatic carbocycles. The monoisotopic (exact) mass is 349 g/mol. The number of aryl methyl sites for hydroxylation is 1. The third kappa shape index (κ3) is 3.44. The minimum atomic E-state index is -4.75. The summed E-state index contributed by atoms with van der Waals surface area (Å²) >= 11 is 3.15. The van der Waals surface area contributed by atoms with Crippen LogP contribution in [-0.4, -0.2) is 9.97 Å². The molecule has 0 spiro atoms. The maximum atomic E-state index is 13.2. The summed E-state index contributed by atoms with van der Waals surface area (Å²) in [6.45, 7) is 1.64. The summed E-state index contributed by atoms with van der Waals surface area (Å²) in [6.07, 6.45) is -4.75. The van der Waals surface area contributed by atoms with Crippen LogP contribution in [0.5, 0.6) is 0 Å². The van der Waals surface area contributed by atoms with Gasteiger partial charge in [-0.2, -0.15) is 13.2 Å². The molecule has 0 radical (unpaired) electrons.